The molecule has 134 valence electrons. The van der Waals surface area contributed by atoms with Crippen LogP contribution in [0.2, 0.25) is 5.02 Å². The van der Waals surface area contributed by atoms with Crippen LogP contribution in [0, 0.1) is 6.92 Å². The van der Waals surface area contributed by atoms with Gasteiger partial charge in [-0.3, -0.25) is 4.79 Å². The van der Waals surface area contributed by atoms with Crippen molar-refractivity contribution in [3.8, 4) is 11.4 Å². The number of carbonyl (C=O) groups excluding carboxylic acids is 1. The van der Waals surface area contributed by atoms with E-state index in [4.69, 9.17) is 16.3 Å². The van der Waals surface area contributed by atoms with Gasteiger partial charge in [-0.05, 0) is 54.0 Å². The van der Waals surface area contributed by atoms with Gasteiger partial charge in [-0.2, -0.15) is 5.10 Å². The molecule has 0 aliphatic carbocycles. The van der Waals surface area contributed by atoms with Gasteiger partial charge in [-0.15, -0.1) is 0 Å². The van der Waals surface area contributed by atoms with Gasteiger partial charge >= 0.3 is 0 Å². The highest BCUT2D eigenvalue weighted by molar-refractivity contribution is 9.10. The lowest BCUT2D eigenvalue weighted by atomic mass is 10.2. The molecule has 2 aromatic carbocycles. The average Bonchev–Trinajstić information content (AvgIpc) is 3.00. The zero-order valence-electron chi connectivity index (χ0n) is 14.3. The summed E-state index contributed by atoms with van der Waals surface area (Å²) in [6.07, 6.45) is 1.55. The van der Waals surface area contributed by atoms with Crippen LogP contribution in [0.15, 0.2) is 53.1 Å². The topological polar surface area (TPSA) is 56.1 Å². The second-order valence-corrected chi connectivity index (χ2v) is 6.83. The summed E-state index contributed by atoms with van der Waals surface area (Å²) in [5.41, 5.74) is 2.62. The summed E-state index contributed by atoms with van der Waals surface area (Å²) >= 11 is 9.53. The van der Waals surface area contributed by atoms with E-state index in [0.717, 1.165) is 11.4 Å². The fourth-order valence-corrected chi connectivity index (χ4v) is 3.52. The minimum Gasteiger partial charge on any atom is -0.491 e. The molecule has 0 aliphatic rings. The lowest BCUT2D eigenvalue weighted by Gasteiger charge is -2.14. The number of nitrogens with one attached hydrogen (secondary N) is 1. The molecular formula is C19H17BrClN3O2. The second kappa shape index (κ2) is 7.93. The smallest absolute Gasteiger partial charge is 0.259 e. The predicted octanol–water partition coefficient (Wildman–Crippen LogP) is 5.25. The number of carbonyl (C=O) groups is 1. The minimum atomic E-state index is -0.278. The number of hydrogen-bond acceptors (Lipinski definition) is 3. The lowest BCUT2D eigenvalue weighted by Crippen LogP contribution is -2.14. The van der Waals surface area contributed by atoms with Gasteiger partial charge in [-0.1, -0.05) is 29.8 Å². The lowest BCUT2D eigenvalue weighted by molar-refractivity contribution is 0.102. The van der Waals surface area contributed by atoms with Gasteiger partial charge in [-0.25, -0.2) is 4.68 Å². The van der Waals surface area contributed by atoms with Gasteiger partial charge in [0, 0.05) is 5.02 Å². The number of aromatic nitrogens is 2. The van der Waals surface area contributed by atoms with Crippen LogP contribution in [0.25, 0.3) is 5.69 Å². The Balaban J connectivity index is 1.91. The van der Waals surface area contributed by atoms with Crippen molar-refractivity contribution in [1.29, 1.82) is 0 Å². The van der Waals surface area contributed by atoms with Crippen molar-refractivity contribution >= 4 is 39.1 Å². The van der Waals surface area contributed by atoms with E-state index in [1.807, 2.05) is 44.2 Å². The molecule has 7 heteroatoms. The number of rotatable bonds is 5. The maximum atomic E-state index is 12.8. The molecule has 1 aromatic heterocycles. The molecule has 1 amide bonds. The van der Waals surface area contributed by atoms with Gasteiger partial charge in [0.05, 0.1) is 39.9 Å². The average molecular weight is 435 g/mol. The Bertz CT molecular complexity index is 941. The predicted molar refractivity (Wildman–Crippen MR) is 107 cm³/mol. The van der Waals surface area contributed by atoms with Crippen molar-refractivity contribution in [2.24, 2.45) is 0 Å². The second-order valence-electron chi connectivity index (χ2n) is 5.54. The molecule has 0 unspecified atom stereocenters. The minimum absolute atomic E-state index is 0.278. The largest absolute Gasteiger partial charge is 0.491 e. The fourth-order valence-electron chi connectivity index (χ4n) is 2.60. The van der Waals surface area contributed by atoms with Crippen molar-refractivity contribution in [3.05, 3.63) is 69.4 Å². The summed E-state index contributed by atoms with van der Waals surface area (Å²) in [6, 6.07) is 13.0. The SMILES string of the molecule is CCOc1c(Br)cc(Cl)cc1NC(=O)c1cnn(-c2ccccc2)c1C. The number of benzene rings is 2. The number of para-hydroxylation sites is 1. The zero-order chi connectivity index (χ0) is 18.7. The molecule has 0 saturated carbocycles. The number of nitrogens with zero attached hydrogens (tertiary/aromatic N) is 2. The Morgan fingerprint density at radius 2 is 2.04 bits per heavy atom. The quantitative estimate of drug-likeness (QED) is 0.597. The highest BCUT2D eigenvalue weighted by Crippen LogP contribution is 2.37. The van der Waals surface area contributed by atoms with Gasteiger partial charge in [0.2, 0.25) is 0 Å². The third-order valence-corrected chi connectivity index (χ3v) is 4.61. The van der Waals surface area contributed by atoms with Crippen LogP contribution >= 0.6 is 27.5 Å². The molecular weight excluding hydrogens is 418 g/mol. The first-order valence-corrected chi connectivity index (χ1v) is 9.21. The molecule has 1 heterocycles. The van der Waals surface area contributed by atoms with E-state index in [1.54, 1.807) is 23.0 Å². The fraction of sp³-hybridized carbons (Fsp3) is 0.158. The van der Waals surface area contributed by atoms with Gasteiger partial charge in [0.15, 0.2) is 5.75 Å². The van der Waals surface area contributed by atoms with Crippen molar-refractivity contribution < 1.29 is 9.53 Å². The van der Waals surface area contributed by atoms with Crippen molar-refractivity contribution in [2.75, 3.05) is 11.9 Å². The summed E-state index contributed by atoms with van der Waals surface area (Å²) in [5.74, 6) is 0.262. The highest BCUT2D eigenvalue weighted by atomic mass is 79.9. The van der Waals surface area contributed by atoms with E-state index in [2.05, 4.69) is 26.3 Å². The number of anilines is 1. The van der Waals surface area contributed by atoms with Crippen LogP contribution in [0.1, 0.15) is 23.0 Å². The number of hydrogen-bond donors (Lipinski definition) is 1. The standard InChI is InChI=1S/C19H17BrClN3O2/c1-3-26-18-16(20)9-13(21)10-17(18)23-19(25)15-11-22-24(12(15)2)14-7-5-4-6-8-14/h4-11H,3H2,1-2H3,(H,23,25). The number of amides is 1. The maximum Gasteiger partial charge on any atom is 0.259 e. The first kappa shape index (κ1) is 18.5. The monoisotopic (exact) mass is 433 g/mol. The Kier molecular flexibility index (Phi) is 5.64. The van der Waals surface area contributed by atoms with Gasteiger partial charge in [0.25, 0.3) is 5.91 Å². The molecule has 0 aliphatic heterocycles. The third kappa shape index (κ3) is 3.76. The van der Waals surface area contributed by atoms with Crippen LogP contribution in [-0.4, -0.2) is 22.3 Å². The zero-order valence-corrected chi connectivity index (χ0v) is 16.6. The highest BCUT2D eigenvalue weighted by Gasteiger charge is 2.18. The molecule has 5 nitrogen and oxygen atoms in total. The van der Waals surface area contributed by atoms with E-state index in [-0.39, 0.29) is 5.91 Å². The van der Waals surface area contributed by atoms with Crippen molar-refractivity contribution in [1.82, 2.24) is 9.78 Å². The summed E-state index contributed by atoms with van der Waals surface area (Å²) in [6.45, 7) is 4.20. The first-order chi connectivity index (χ1) is 12.5. The van der Waals surface area contributed by atoms with Crippen LogP contribution in [-0.2, 0) is 0 Å². The maximum absolute atomic E-state index is 12.8. The third-order valence-electron chi connectivity index (χ3n) is 3.80. The van der Waals surface area contributed by atoms with Crippen LogP contribution in [0.5, 0.6) is 5.75 Å². The summed E-state index contributed by atoms with van der Waals surface area (Å²) in [5, 5.41) is 7.69. The molecule has 26 heavy (non-hydrogen) atoms. The molecule has 0 fully saturated rings. The molecule has 3 rings (SSSR count). The molecule has 0 spiro atoms. The van der Waals surface area contributed by atoms with E-state index in [1.165, 1.54) is 0 Å². The Morgan fingerprint density at radius 1 is 1.31 bits per heavy atom. The normalized spacial score (nSPS) is 10.6. The molecule has 0 saturated heterocycles. The molecule has 1 N–H and O–H groups in total. The Hall–Kier alpha value is -2.31. The van der Waals surface area contributed by atoms with Crippen LogP contribution in [0.4, 0.5) is 5.69 Å². The van der Waals surface area contributed by atoms with Crippen molar-refractivity contribution in [3.63, 3.8) is 0 Å². The Morgan fingerprint density at radius 3 is 2.73 bits per heavy atom. The van der Waals surface area contributed by atoms with Crippen LogP contribution < -0.4 is 10.1 Å². The first-order valence-electron chi connectivity index (χ1n) is 8.04. The van der Waals surface area contributed by atoms with Gasteiger partial charge < -0.3 is 10.1 Å². The van der Waals surface area contributed by atoms with Gasteiger partial charge in [0.1, 0.15) is 0 Å². The van der Waals surface area contributed by atoms with E-state index in [9.17, 15) is 4.79 Å². The van der Waals surface area contributed by atoms with Crippen LogP contribution in [0.3, 0.4) is 0 Å². The van der Waals surface area contributed by atoms with E-state index in [0.29, 0.717) is 33.1 Å². The summed E-state index contributed by atoms with van der Waals surface area (Å²) < 4.78 is 8.03. The Labute approximate surface area is 165 Å². The number of halogens is 2. The number of ether oxygens (including phenoxy) is 1. The molecule has 0 atom stereocenters. The summed E-state index contributed by atoms with van der Waals surface area (Å²) in [4.78, 5) is 12.8. The molecule has 0 radical (unpaired) electrons. The van der Waals surface area contributed by atoms with E-state index < -0.39 is 0 Å². The molecule has 3 aromatic rings. The van der Waals surface area contributed by atoms with E-state index >= 15 is 0 Å². The molecule has 0 bridgehead atoms. The van der Waals surface area contributed by atoms with Crippen molar-refractivity contribution in [2.45, 2.75) is 13.8 Å². The summed E-state index contributed by atoms with van der Waals surface area (Å²) in [7, 11) is 0.